The van der Waals surface area contributed by atoms with Gasteiger partial charge in [-0.2, -0.15) is 0 Å². The fourth-order valence-corrected chi connectivity index (χ4v) is 2.34. The van der Waals surface area contributed by atoms with E-state index in [1.807, 2.05) is 19.1 Å². The van der Waals surface area contributed by atoms with Crippen molar-refractivity contribution in [2.75, 3.05) is 0 Å². The van der Waals surface area contributed by atoms with E-state index in [1.165, 1.54) is 6.92 Å². The highest BCUT2D eigenvalue weighted by molar-refractivity contribution is 5.90. The van der Waals surface area contributed by atoms with E-state index in [1.54, 1.807) is 24.3 Å². The van der Waals surface area contributed by atoms with Gasteiger partial charge < -0.3 is 19.4 Å². The van der Waals surface area contributed by atoms with Crippen LogP contribution >= 0.6 is 0 Å². The minimum Gasteiger partial charge on any atom is -0.505 e. The third-order valence-corrected chi connectivity index (χ3v) is 3.63. The zero-order valence-electron chi connectivity index (χ0n) is 11.6. The monoisotopic (exact) mass is 286 g/mol. The van der Waals surface area contributed by atoms with Gasteiger partial charge in [-0.1, -0.05) is 24.3 Å². The van der Waals surface area contributed by atoms with Crippen LogP contribution in [0.5, 0.6) is 0 Å². The van der Waals surface area contributed by atoms with Crippen molar-refractivity contribution in [2.45, 2.75) is 19.4 Å². The first-order valence-electron chi connectivity index (χ1n) is 6.45. The first kappa shape index (κ1) is 13.3. The minimum absolute atomic E-state index is 0.478. The summed E-state index contributed by atoms with van der Waals surface area (Å²) in [5, 5.41) is 19.3. The lowest BCUT2D eigenvalue weighted by atomic mass is 9.93. The smallest absolute Gasteiger partial charge is 0.378 e. The highest BCUT2D eigenvalue weighted by Gasteiger charge is 2.46. The molecule has 1 atom stereocenters. The van der Waals surface area contributed by atoms with E-state index in [0.717, 1.165) is 17.1 Å². The molecule has 0 spiro atoms. The second kappa shape index (κ2) is 4.41. The van der Waals surface area contributed by atoms with E-state index in [0.29, 0.717) is 5.56 Å². The van der Waals surface area contributed by atoms with Crippen LogP contribution in [-0.2, 0) is 15.1 Å². The average Bonchev–Trinajstić information content (AvgIpc) is 2.99. The molecule has 5 heteroatoms. The summed E-state index contributed by atoms with van der Waals surface area (Å²) in [6.07, 6.45) is 0. The molecule has 1 unspecified atom stereocenters. The quantitative estimate of drug-likeness (QED) is 0.827. The lowest BCUT2D eigenvalue weighted by Crippen LogP contribution is -2.25. The Morgan fingerprint density at radius 1 is 1.05 bits per heavy atom. The van der Waals surface area contributed by atoms with Gasteiger partial charge in [0.25, 0.3) is 0 Å². The average molecular weight is 286 g/mol. The molecule has 2 N–H and O–H groups in total. The second-order valence-corrected chi connectivity index (χ2v) is 5.11. The molecular formula is C16H14O5. The highest BCUT2D eigenvalue weighted by atomic mass is 16.6. The highest BCUT2D eigenvalue weighted by Crippen LogP contribution is 2.39. The molecule has 0 saturated heterocycles. The lowest BCUT2D eigenvalue weighted by molar-refractivity contribution is -0.149. The number of aliphatic hydroxyl groups is 2. The molecule has 0 radical (unpaired) electrons. The van der Waals surface area contributed by atoms with Crippen LogP contribution in [0.4, 0.5) is 0 Å². The van der Waals surface area contributed by atoms with E-state index in [-0.39, 0.29) is 0 Å². The maximum atomic E-state index is 11.4. The predicted octanol–water partition coefficient (Wildman–Crippen LogP) is 3.35. The Hall–Kier alpha value is -2.69. The third kappa shape index (κ3) is 1.98. The zero-order chi connectivity index (χ0) is 15.2. The topological polar surface area (TPSA) is 79.9 Å². The second-order valence-electron chi connectivity index (χ2n) is 5.11. The van der Waals surface area contributed by atoms with Crippen molar-refractivity contribution in [3.05, 3.63) is 59.2 Å². The minimum atomic E-state index is -1.36. The van der Waals surface area contributed by atoms with Crippen LogP contribution in [0.15, 0.2) is 52.3 Å². The molecule has 2 aromatic rings. The first-order valence-corrected chi connectivity index (χ1v) is 6.45. The van der Waals surface area contributed by atoms with Gasteiger partial charge in [-0.25, -0.2) is 4.79 Å². The van der Waals surface area contributed by atoms with E-state index in [4.69, 9.17) is 9.15 Å². The van der Waals surface area contributed by atoms with Gasteiger partial charge in [-0.15, -0.1) is 0 Å². The molecule has 0 bridgehead atoms. The Morgan fingerprint density at radius 3 is 2.19 bits per heavy atom. The molecule has 0 amide bonds. The van der Waals surface area contributed by atoms with Crippen LogP contribution < -0.4 is 0 Å². The molecule has 0 aliphatic carbocycles. The van der Waals surface area contributed by atoms with Gasteiger partial charge >= 0.3 is 5.97 Å². The van der Waals surface area contributed by atoms with Crippen molar-refractivity contribution < 1.29 is 24.2 Å². The van der Waals surface area contributed by atoms with Crippen molar-refractivity contribution in [3.8, 4) is 11.3 Å². The number of aryl methyl sites for hydroxylation is 1. The van der Waals surface area contributed by atoms with Crippen molar-refractivity contribution >= 4 is 5.97 Å². The molecule has 1 aliphatic rings. The van der Waals surface area contributed by atoms with E-state index in [2.05, 4.69) is 0 Å². The summed E-state index contributed by atoms with van der Waals surface area (Å²) in [5.74, 6) is -0.607. The molecular weight excluding hydrogens is 272 g/mol. The lowest BCUT2D eigenvalue weighted by Gasteiger charge is -2.23. The standard InChI is InChI=1S/C16H14O5/c1-9-3-8-12(20-9)10-4-6-11(7-5-10)16(2)14(18)13(17)15(19)21-16/h3-8,17-18H,1-2H3. The Morgan fingerprint density at radius 2 is 1.71 bits per heavy atom. The van der Waals surface area contributed by atoms with Gasteiger partial charge in [0.2, 0.25) is 5.76 Å². The van der Waals surface area contributed by atoms with Crippen LogP contribution in [-0.4, -0.2) is 16.2 Å². The number of aliphatic hydroxyl groups excluding tert-OH is 2. The summed E-state index contributed by atoms with van der Waals surface area (Å²) < 4.78 is 10.6. The molecule has 2 heterocycles. The normalized spacial score (nSPS) is 21.7. The van der Waals surface area contributed by atoms with Gasteiger partial charge in [0, 0.05) is 11.1 Å². The Balaban J connectivity index is 1.97. The van der Waals surface area contributed by atoms with Crippen LogP contribution in [0.2, 0.25) is 0 Å². The van der Waals surface area contributed by atoms with E-state index in [9.17, 15) is 15.0 Å². The summed E-state index contributed by atoms with van der Waals surface area (Å²) in [5.41, 5.74) is 0.0654. The van der Waals surface area contributed by atoms with Gasteiger partial charge in [-0.3, -0.25) is 0 Å². The van der Waals surface area contributed by atoms with Crippen molar-refractivity contribution in [3.63, 3.8) is 0 Å². The van der Waals surface area contributed by atoms with Crippen molar-refractivity contribution in [2.24, 2.45) is 0 Å². The van der Waals surface area contributed by atoms with Crippen LogP contribution in [0.1, 0.15) is 18.2 Å². The summed E-state index contributed by atoms with van der Waals surface area (Å²) in [7, 11) is 0. The van der Waals surface area contributed by atoms with Gasteiger partial charge in [0.05, 0.1) is 0 Å². The molecule has 3 rings (SSSR count). The fourth-order valence-electron chi connectivity index (χ4n) is 2.34. The molecule has 0 fully saturated rings. The van der Waals surface area contributed by atoms with E-state index < -0.39 is 23.1 Å². The van der Waals surface area contributed by atoms with Gasteiger partial charge in [0.15, 0.2) is 11.4 Å². The molecule has 0 saturated carbocycles. The fraction of sp³-hybridized carbons (Fsp3) is 0.188. The van der Waals surface area contributed by atoms with Gasteiger partial charge in [0.1, 0.15) is 11.5 Å². The number of carbonyl (C=O) groups excluding carboxylic acids is 1. The van der Waals surface area contributed by atoms with Crippen molar-refractivity contribution in [1.29, 1.82) is 0 Å². The van der Waals surface area contributed by atoms with Crippen LogP contribution in [0, 0.1) is 6.92 Å². The summed E-state index contributed by atoms with van der Waals surface area (Å²) >= 11 is 0. The number of esters is 1. The molecule has 1 aromatic heterocycles. The Labute approximate surface area is 121 Å². The number of hydrogen-bond donors (Lipinski definition) is 2. The number of rotatable bonds is 2. The maximum Gasteiger partial charge on any atom is 0.378 e. The number of cyclic esters (lactones) is 1. The molecule has 21 heavy (non-hydrogen) atoms. The summed E-state index contributed by atoms with van der Waals surface area (Å²) in [6, 6.07) is 10.8. The number of carbonyl (C=O) groups is 1. The molecule has 1 aliphatic heterocycles. The summed E-state index contributed by atoms with van der Waals surface area (Å²) in [4.78, 5) is 11.4. The van der Waals surface area contributed by atoms with Crippen molar-refractivity contribution in [1.82, 2.24) is 0 Å². The number of hydrogen-bond acceptors (Lipinski definition) is 5. The molecule has 1 aromatic carbocycles. The number of benzene rings is 1. The third-order valence-electron chi connectivity index (χ3n) is 3.63. The number of furan rings is 1. The predicted molar refractivity (Wildman–Crippen MR) is 74.6 cm³/mol. The molecule has 5 nitrogen and oxygen atoms in total. The SMILES string of the molecule is Cc1ccc(-c2ccc(C3(C)OC(=O)C(O)=C3O)cc2)o1. The molecule has 108 valence electrons. The summed E-state index contributed by atoms with van der Waals surface area (Å²) in [6.45, 7) is 3.39. The maximum absolute atomic E-state index is 11.4. The Bertz CT molecular complexity index is 738. The zero-order valence-corrected chi connectivity index (χ0v) is 11.6. The number of ether oxygens (including phenoxy) is 1. The Kier molecular flexibility index (Phi) is 2.79. The van der Waals surface area contributed by atoms with Gasteiger partial charge in [-0.05, 0) is 26.0 Å². The van der Waals surface area contributed by atoms with Crippen LogP contribution in [0.25, 0.3) is 11.3 Å². The van der Waals surface area contributed by atoms with E-state index >= 15 is 0 Å². The first-order chi connectivity index (χ1) is 9.91. The van der Waals surface area contributed by atoms with Crippen LogP contribution in [0.3, 0.4) is 0 Å². The largest absolute Gasteiger partial charge is 0.505 e.